The molecule has 0 aliphatic carbocycles. The van der Waals surface area contributed by atoms with E-state index in [-0.39, 0.29) is 5.41 Å². The topological polar surface area (TPSA) is 46.2 Å². The molecule has 80 valence electrons. The van der Waals surface area contributed by atoms with Gasteiger partial charge in [-0.3, -0.25) is 0 Å². The number of hydrogen-bond donors (Lipinski definition) is 1. The van der Waals surface area contributed by atoms with E-state index in [1.54, 1.807) is 17.5 Å². The van der Waals surface area contributed by atoms with Crippen molar-refractivity contribution in [2.45, 2.75) is 25.0 Å². The predicted octanol–water partition coefficient (Wildman–Crippen LogP) is 2.07. The summed E-state index contributed by atoms with van der Waals surface area (Å²) >= 11 is 1.23. The Hall–Kier alpha value is -0.390. The Bertz CT molecular complexity index is 373. The molecular weight excluding hydrogens is 218 g/mol. The van der Waals surface area contributed by atoms with Gasteiger partial charge in [-0.05, 0) is 16.9 Å². The standard InChI is InChI=1S/C9H15NO2S2/c1-9(2,3)7-10-14(11,12)8-5-4-6-13-8/h4-6,10H,7H2,1-3H3. The third-order valence-electron chi connectivity index (χ3n) is 1.55. The monoisotopic (exact) mass is 233 g/mol. The van der Waals surface area contributed by atoms with Gasteiger partial charge in [-0.15, -0.1) is 11.3 Å². The summed E-state index contributed by atoms with van der Waals surface area (Å²) in [7, 11) is -3.28. The van der Waals surface area contributed by atoms with E-state index in [2.05, 4.69) is 4.72 Å². The summed E-state index contributed by atoms with van der Waals surface area (Å²) in [5.41, 5.74) is -0.0374. The molecule has 0 radical (unpaired) electrons. The minimum absolute atomic E-state index is 0.0374. The van der Waals surface area contributed by atoms with Crippen LogP contribution in [-0.2, 0) is 10.0 Å². The van der Waals surface area contributed by atoms with E-state index in [1.165, 1.54) is 11.3 Å². The second kappa shape index (κ2) is 4.00. The second-order valence-electron chi connectivity index (χ2n) is 4.32. The van der Waals surface area contributed by atoms with Crippen molar-refractivity contribution >= 4 is 21.4 Å². The second-order valence-corrected chi connectivity index (χ2v) is 7.26. The number of rotatable bonds is 3. The molecule has 0 aliphatic heterocycles. The highest BCUT2D eigenvalue weighted by molar-refractivity contribution is 7.91. The fourth-order valence-corrected chi connectivity index (χ4v) is 3.12. The molecule has 0 amide bonds. The first-order chi connectivity index (χ1) is 6.31. The number of hydrogen-bond acceptors (Lipinski definition) is 3. The van der Waals surface area contributed by atoms with Gasteiger partial charge in [-0.1, -0.05) is 26.8 Å². The van der Waals surface area contributed by atoms with Crippen LogP contribution in [0.4, 0.5) is 0 Å². The van der Waals surface area contributed by atoms with Crippen LogP contribution < -0.4 is 4.72 Å². The van der Waals surface area contributed by atoms with Crippen LogP contribution in [0.15, 0.2) is 21.7 Å². The van der Waals surface area contributed by atoms with E-state index in [1.807, 2.05) is 20.8 Å². The first-order valence-corrected chi connectivity index (χ1v) is 6.71. The van der Waals surface area contributed by atoms with Crippen molar-refractivity contribution in [1.29, 1.82) is 0 Å². The Balaban J connectivity index is 2.70. The van der Waals surface area contributed by atoms with Gasteiger partial charge in [0.05, 0.1) is 0 Å². The summed E-state index contributed by atoms with van der Waals surface area (Å²) in [5, 5.41) is 1.76. The molecular formula is C9H15NO2S2. The van der Waals surface area contributed by atoms with Crippen LogP contribution in [0.3, 0.4) is 0 Å². The van der Waals surface area contributed by atoms with Crippen LogP contribution in [0.2, 0.25) is 0 Å². The zero-order chi connectivity index (χ0) is 10.8. The van der Waals surface area contributed by atoms with Gasteiger partial charge in [-0.25, -0.2) is 13.1 Å². The van der Waals surface area contributed by atoms with E-state index in [0.29, 0.717) is 10.8 Å². The average molecular weight is 233 g/mol. The Labute approximate surface area is 89.2 Å². The molecule has 0 saturated carbocycles. The van der Waals surface area contributed by atoms with Gasteiger partial charge in [0.25, 0.3) is 0 Å². The molecule has 1 aromatic rings. The lowest BCUT2D eigenvalue weighted by Gasteiger charge is -2.18. The molecule has 1 heterocycles. The fourth-order valence-electron chi connectivity index (χ4n) is 0.799. The summed E-state index contributed by atoms with van der Waals surface area (Å²) in [5.74, 6) is 0. The molecule has 0 aliphatic rings. The lowest BCUT2D eigenvalue weighted by Crippen LogP contribution is -2.31. The predicted molar refractivity (Wildman–Crippen MR) is 59.0 cm³/mol. The Morgan fingerprint density at radius 1 is 1.43 bits per heavy atom. The molecule has 0 fully saturated rings. The van der Waals surface area contributed by atoms with Crippen molar-refractivity contribution in [3.63, 3.8) is 0 Å². The van der Waals surface area contributed by atoms with E-state index in [0.717, 1.165) is 0 Å². The SMILES string of the molecule is CC(C)(C)CNS(=O)(=O)c1cccs1. The molecule has 0 aromatic carbocycles. The van der Waals surface area contributed by atoms with Crippen LogP contribution >= 0.6 is 11.3 Å². The first kappa shape index (κ1) is 11.7. The Kier molecular flexibility index (Phi) is 3.34. The largest absolute Gasteiger partial charge is 0.250 e. The average Bonchev–Trinajstić information content (AvgIpc) is 2.52. The van der Waals surface area contributed by atoms with Gasteiger partial charge in [0, 0.05) is 6.54 Å². The van der Waals surface area contributed by atoms with Crippen molar-refractivity contribution in [1.82, 2.24) is 4.72 Å². The van der Waals surface area contributed by atoms with Crippen molar-refractivity contribution in [2.24, 2.45) is 5.41 Å². The van der Waals surface area contributed by atoms with Crippen molar-refractivity contribution in [2.75, 3.05) is 6.54 Å². The molecule has 3 nitrogen and oxygen atoms in total. The summed E-state index contributed by atoms with van der Waals surface area (Å²) in [4.78, 5) is 0. The Morgan fingerprint density at radius 3 is 2.50 bits per heavy atom. The van der Waals surface area contributed by atoms with Gasteiger partial charge >= 0.3 is 0 Å². The first-order valence-electron chi connectivity index (χ1n) is 4.34. The van der Waals surface area contributed by atoms with E-state index >= 15 is 0 Å². The van der Waals surface area contributed by atoms with Crippen LogP contribution in [0.1, 0.15) is 20.8 Å². The number of nitrogens with one attached hydrogen (secondary N) is 1. The zero-order valence-corrected chi connectivity index (χ0v) is 10.2. The van der Waals surface area contributed by atoms with Crippen molar-refractivity contribution in [3.8, 4) is 0 Å². The van der Waals surface area contributed by atoms with Crippen molar-refractivity contribution < 1.29 is 8.42 Å². The van der Waals surface area contributed by atoms with E-state index in [4.69, 9.17) is 0 Å². The maximum atomic E-state index is 11.6. The molecule has 0 atom stereocenters. The molecule has 0 saturated heterocycles. The van der Waals surface area contributed by atoms with Crippen LogP contribution in [0.25, 0.3) is 0 Å². The van der Waals surface area contributed by atoms with Gasteiger partial charge in [0.1, 0.15) is 4.21 Å². The smallest absolute Gasteiger partial charge is 0.210 e. The number of thiophene rings is 1. The fraction of sp³-hybridized carbons (Fsp3) is 0.556. The van der Waals surface area contributed by atoms with E-state index < -0.39 is 10.0 Å². The zero-order valence-electron chi connectivity index (χ0n) is 8.57. The molecule has 1 rings (SSSR count). The minimum Gasteiger partial charge on any atom is -0.210 e. The van der Waals surface area contributed by atoms with Crippen molar-refractivity contribution in [3.05, 3.63) is 17.5 Å². The van der Waals surface area contributed by atoms with Gasteiger partial charge in [0.15, 0.2) is 0 Å². The molecule has 14 heavy (non-hydrogen) atoms. The molecule has 1 N–H and O–H groups in total. The minimum atomic E-state index is -3.28. The maximum Gasteiger partial charge on any atom is 0.250 e. The lowest BCUT2D eigenvalue weighted by atomic mass is 9.98. The quantitative estimate of drug-likeness (QED) is 0.868. The molecule has 0 bridgehead atoms. The van der Waals surface area contributed by atoms with Crippen LogP contribution in [0.5, 0.6) is 0 Å². The van der Waals surface area contributed by atoms with Crippen LogP contribution in [-0.4, -0.2) is 15.0 Å². The molecule has 1 aromatic heterocycles. The molecule has 0 unspecified atom stereocenters. The van der Waals surface area contributed by atoms with Gasteiger partial charge < -0.3 is 0 Å². The summed E-state index contributed by atoms with van der Waals surface area (Å²) < 4.78 is 26.2. The number of sulfonamides is 1. The molecule has 0 spiro atoms. The van der Waals surface area contributed by atoms with Gasteiger partial charge in [0.2, 0.25) is 10.0 Å². The summed E-state index contributed by atoms with van der Waals surface area (Å²) in [6, 6.07) is 3.34. The Morgan fingerprint density at radius 2 is 2.07 bits per heavy atom. The van der Waals surface area contributed by atoms with Gasteiger partial charge in [-0.2, -0.15) is 0 Å². The third kappa shape index (κ3) is 3.40. The normalized spacial score (nSPS) is 13.1. The summed E-state index contributed by atoms with van der Waals surface area (Å²) in [6.45, 7) is 6.42. The lowest BCUT2D eigenvalue weighted by molar-refractivity contribution is 0.408. The maximum absolute atomic E-state index is 11.6. The highest BCUT2D eigenvalue weighted by atomic mass is 32.2. The van der Waals surface area contributed by atoms with Crippen LogP contribution in [0, 0.1) is 5.41 Å². The molecule has 5 heteroatoms. The highest BCUT2D eigenvalue weighted by Crippen LogP contribution is 2.17. The third-order valence-corrected chi connectivity index (χ3v) is 4.35. The van der Waals surface area contributed by atoms with E-state index in [9.17, 15) is 8.42 Å². The highest BCUT2D eigenvalue weighted by Gasteiger charge is 2.18. The summed E-state index contributed by atoms with van der Waals surface area (Å²) in [6.07, 6.45) is 0.